The smallest absolute Gasteiger partial charge is 0.232 e. The summed E-state index contributed by atoms with van der Waals surface area (Å²) in [4.78, 5) is 12.4. The van der Waals surface area contributed by atoms with Crippen molar-refractivity contribution in [3.05, 3.63) is 52.5 Å². The van der Waals surface area contributed by atoms with E-state index in [2.05, 4.69) is 0 Å². The van der Waals surface area contributed by atoms with Crippen molar-refractivity contribution in [3.8, 4) is 5.75 Å². The van der Waals surface area contributed by atoms with E-state index in [-0.39, 0.29) is 5.78 Å². The van der Waals surface area contributed by atoms with Crippen LogP contribution in [0, 0.1) is 20.8 Å². The first-order chi connectivity index (χ1) is 8.56. The fraction of sp³-hybridized carbons (Fsp3) is 0.267. The molecule has 94 valence electrons. The maximum absolute atomic E-state index is 12.4. The Kier molecular flexibility index (Phi) is 3.24. The normalized spacial score (nSPS) is 10.4. The average Bonchev–Trinajstić information content (AvgIpc) is 2.78. The molecule has 0 aliphatic heterocycles. The van der Waals surface area contributed by atoms with Crippen molar-refractivity contribution in [2.45, 2.75) is 20.8 Å². The van der Waals surface area contributed by atoms with Crippen LogP contribution in [0.25, 0.3) is 0 Å². The zero-order valence-electron chi connectivity index (χ0n) is 11.0. The van der Waals surface area contributed by atoms with Crippen molar-refractivity contribution >= 4 is 5.78 Å². The van der Waals surface area contributed by atoms with Crippen LogP contribution in [-0.4, -0.2) is 12.9 Å². The number of carbonyl (C=O) groups excluding carboxylic acids is 1. The Morgan fingerprint density at radius 2 is 1.83 bits per heavy atom. The van der Waals surface area contributed by atoms with Crippen molar-refractivity contribution in [2.24, 2.45) is 0 Å². The Balaban J connectivity index is 2.56. The topological polar surface area (TPSA) is 39.4 Å². The number of furan rings is 1. The van der Waals surface area contributed by atoms with E-state index < -0.39 is 0 Å². The lowest BCUT2D eigenvalue weighted by Crippen LogP contribution is -2.06. The predicted octanol–water partition coefficient (Wildman–Crippen LogP) is 3.44. The number of methoxy groups -OCH3 is 1. The molecule has 0 saturated heterocycles. The van der Waals surface area contributed by atoms with Gasteiger partial charge in [-0.1, -0.05) is 6.07 Å². The van der Waals surface area contributed by atoms with E-state index in [4.69, 9.17) is 9.15 Å². The number of ketones is 1. The minimum Gasteiger partial charge on any atom is -0.496 e. The molecule has 2 rings (SSSR count). The Hall–Kier alpha value is -2.03. The fourth-order valence-corrected chi connectivity index (χ4v) is 1.96. The van der Waals surface area contributed by atoms with E-state index in [0.29, 0.717) is 17.1 Å². The van der Waals surface area contributed by atoms with E-state index in [1.54, 1.807) is 19.2 Å². The number of benzene rings is 1. The minimum atomic E-state index is -0.141. The highest BCUT2D eigenvalue weighted by atomic mass is 16.5. The Labute approximate surface area is 106 Å². The molecule has 18 heavy (non-hydrogen) atoms. The van der Waals surface area contributed by atoms with Crippen LogP contribution in [0.5, 0.6) is 5.75 Å². The van der Waals surface area contributed by atoms with Gasteiger partial charge in [0.25, 0.3) is 0 Å². The fourth-order valence-electron chi connectivity index (χ4n) is 1.96. The van der Waals surface area contributed by atoms with Crippen LogP contribution in [-0.2, 0) is 0 Å². The molecule has 0 fully saturated rings. The zero-order chi connectivity index (χ0) is 13.3. The van der Waals surface area contributed by atoms with Gasteiger partial charge in [0, 0.05) is 0 Å². The maximum Gasteiger partial charge on any atom is 0.232 e. The summed E-state index contributed by atoms with van der Waals surface area (Å²) in [5, 5.41) is 0. The van der Waals surface area contributed by atoms with Crippen LogP contribution in [0.15, 0.2) is 28.9 Å². The van der Waals surface area contributed by atoms with Crippen LogP contribution in [0.2, 0.25) is 0 Å². The SMILES string of the molecule is COc1c(C(=O)c2occc2C)ccc(C)c1C. The summed E-state index contributed by atoms with van der Waals surface area (Å²) < 4.78 is 10.6. The molecule has 0 spiro atoms. The van der Waals surface area contributed by atoms with E-state index in [1.165, 1.54) is 6.26 Å². The molecule has 0 bridgehead atoms. The van der Waals surface area contributed by atoms with Gasteiger partial charge in [-0.25, -0.2) is 0 Å². The third-order valence-electron chi connectivity index (χ3n) is 3.19. The monoisotopic (exact) mass is 244 g/mol. The number of ether oxygens (including phenoxy) is 1. The number of aryl methyl sites for hydroxylation is 2. The molecule has 0 aliphatic carbocycles. The van der Waals surface area contributed by atoms with Gasteiger partial charge in [-0.3, -0.25) is 4.79 Å². The van der Waals surface area contributed by atoms with Crippen LogP contribution in [0.1, 0.15) is 32.8 Å². The van der Waals surface area contributed by atoms with Crippen molar-refractivity contribution in [3.63, 3.8) is 0 Å². The summed E-state index contributed by atoms with van der Waals surface area (Å²) in [5.74, 6) is 0.852. The summed E-state index contributed by atoms with van der Waals surface area (Å²) in [6, 6.07) is 5.48. The molecule has 0 radical (unpaired) electrons. The third-order valence-corrected chi connectivity index (χ3v) is 3.19. The first-order valence-corrected chi connectivity index (χ1v) is 5.79. The van der Waals surface area contributed by atoms with Crippen molar-refractivity contribution in [2.75, 3.05) is 7.11 Å². The Morgan fingerprint density at radius 3 is 2.39 bits per heavy atom. The molecule has 3 nitrogen and oxygen atoms in total. The number of hydrogen-bond donors (Lipinski definition) is 0. The summed E-state index contributed by atoms with van der Waals surface area (Å²) >= 11 is 0. The molecule has 3 heteroatoms. The van der Waals surface area contributed by atoms with Crippen LogP contribution in [0.4, 0.5) is 0 Å². The van der Waals surface area contributed by atoms with Crippen LogP contribution < -0.4 is 4.74 Å². The largest absolute Gasteiger partial charge is 0.496 e. The van der Waals surface area contributed by atoms with E-state index >= 15 is 0 Å². The lowest BCUT2D eigenvalue weighted by molar-refractivity contribution is 0.100. The highest BCUT2D eigenvalue weighted by Crippen LogP contribution is 2.29. The molecule has 0 saturated carbocycles. The molecule has 0 N–H and O–H groups in total. The van der Waals surface area contributed by atoms with Gasteiger partial charge in [0.1, 0.15) is 5.75 Å². The Bertz CT molecular complexity index is 594. The summed E-state index contributed by atoms with van der Waals surface area (Å²) in [5.41, 5.74) is 3.45. The Morgan fingerprint density at radius 1 is 1.11 bits per heavy atom. The molecular formula is C15H16O3. The number of hydrogen-bond acceptors (Lipinski definition) is 3. The highest BCUT2D eigenvalue weighted by Gasteiger charge is 2.20. The third kappa shape index (κ3) is 1.92. The van der Waals surface area contributed by atoms with Gasteiger partial charge in [-0.2, -0.15) is 0 Å². The summed E-state index contributed by atoms with van der Waals surface area (Å²) in [6.07, 6.45) is 1.52. The number of carbonyl (C=O) groups is 1. The standard InChI is InChI=1S/C15H16O3/c1-9-5-6-12(15(17-4)11(9)3)13(16)14-10(2)7-8-18-14/h5-8H,1-4H3. The number of rotatable bonds is 3. The van der Waals surface area contributed by atoms with Gasteiger partial charge in [-0.05, 0) is 49.6 Å². The summed E-state index contributed by atoms with van der Waals surface area (Å²) in [6.45, 7) is 5.79. The van der Waals surface area contributed by atoms with Gasteiger partial charge < -0.3 is 9.15 Å². The lowest BCUT2D eigenvalue weighted by atomic mass is 9.99. The quantitative estimate of drug-likeness (QED) is 0.776. The first kappa shape index (κ1) is 12.4. The van der Waals surface area contributed by atoms with Gasteiger partial charge in [0.2, 0.25) is 5.78 Å². The second-order valence-electron chi connectivity index (χ2n) is 4.35. The first-order valence-electron chi connectivity index (χ1n) is 5.79. The van der Waals surface area contributed by atoms with Crippen molar-refractivity contribution in [1.29, 1.82) is 0 Å². The zero-order valence-corrected chi connectivity index (χ0v) is 11.0. The van der Waals surface area contributed by atoms with Crippen molar-refractivity contribution < 1.29 is 13.9 Å². The van der Waals surface area contributed by atoms with Crippen LogP contribution in [0.3, 0.4) is 0 Å². The van der Waals surface area contributed by atoms with E-state index in [9.17, 15) is 4.79 Å². The molecule has 0 aliphatic rings. The highest BCUT2D eigenvalue weighted by molar-refractivity contribution is 6.10. The van der Waals surface area contributed by atoms with Crippen molar-refractivity contribution in [1.82, 2.24) is 0 Å². The van der Waals surface area contributed by atoms with E-state index in [0.717, 1.165) is 16.7 Å². The molecular weight excluding hydrogens is 228 g/mol. The van der Waals surface area contributed by atoms with Gasteiger partial charge >= 0.3 is 0 Å². The second kappa shape index (κ2) is 4.69. The molecule has 0 unspecified atom stereocenters. The maximum atomic E-state index is 12.4. The molecule has 1 aromatic carbocycles. The van der Waals surface area contributed by atoms with Crippen LogP contribution >= 0.6 is 0 Å². The average molecular weight is 244 g/mol. The molecule has 2 aromatic rings. The van der Waals surface area contributed by atoms with Gasteiger partial charge in [-0.15, -0.1) is 0 Å². The minimum absolute atomic E-state index is 0.141. The molecule has 0 amide bonds. The molecule has 1 heterocycles. The van der Waals surface area contributed by atoms with Gasteiger partial charge in [0.05, 0.1) is 18.9 Å². The van der Waals surface area contributed by atoms with Gasteiger partial charge in [0.15, 0.2) is 5.76 Å². The summed E-state index contributed by atoms with van der Waals surface area (Å²) in [7, 11) is 1.58. The predicted molar refractivity (Wildman–Crippen MR) is 69.3 cm³/mol. The lowest BCUT2D eigenvalue weighted by Gasteiger charge is -2.12. The second-order valence-corrected chi connectivity index (χ2v) is 4.35. The van der Waals surface area contributed by atoms with E-state index in [1.807, 2.05) is 26.8 Å². The molecule has 0 atom stereocenters. The molecule has 1 aromatic heterocycles.